The molecule has 6 aromatic rings. The van der Waals surface area contributed by atoms with E-state index in [9.17, 15) is 0 Å². The predicted molar refractivity (Wildman–Crippen MR) is 159 cm³/mol. The summed E-state index contributed by atoms with van der Waals surface area (Å²) in [5.74, 6) is 0. The number of aryl methyl sites for hydroxylation is 2. The van der Waals surface area contributed by atoms with Gasteiger partial charge in [-0.05, 0) is 45.5 Å². The van der Waals surface area contributed by atoms with E-state index in [0.29, 0.717) is 0 Å². The molecule has 0 radical (unpaired) electrons. The number of aromatic nitrogens is 4. The Kier molecular flexibility index (Phi) is 7.51. The average Bonchev–Trinajstić information content (AvgIpc) is 3.62. The molecular formula is C30H28N6S2. The van der Waals surface area contributed by atoms with Crippen LogP contribution >= 0.6 is 22.7 Å². The van der Waals surface area contributed by atoms with Crippen molar-refractivity contribution in [1.29, 1.82) is 0 Å². The molecule has 0 fully saturated rings. The van der Waals surface area contributed by atoms with E-state index in [1.165, 1.54) is 32.7 Å². The predicted octanol–water partition coefficient (Wildman–Crippen LogP) is 7.49. The van der Waals surface area contributed by atoms with Crippen molar-refractivity contribution in [2.75, 3.05) is 10.6 Å². The normalized spacial score (nSPS) is 11.3. The third kappa shape index (κ3) is 5.82. The summed E-state index contributed by atoms with van der Waals surface area (Å²) >= 11 is 3.29. The number of nitrogens with one attached hydrogen (secondary N) is 2. The van der Waals surface area contributed by atoms with Crippen molar-refractivity contribution in [3.05, 3.63) is 106 Å². The smallest absolute Gasteiger partial charge is 0.205 e. The third-order valence-electron chi connectivity index (χ3n) is 6.58. The standard InChI is InChI=1S/C30H28N6S2/c1-3-15-25-21(9-1)11-7-13-23(25)19-31-29-35-33-27(37-29)17-5-6-18-28-34-36-30(38-28)32-20-24-14-8-12-22-10-2-4-16-26(22)24/h1-4,7-16H,5-6,17-20H2,(H,31,35)(H,32,36). The molecule has 2 aromatic heterocycles. The fourth-order valence-corrected chi connectivity index (χ4v) is 6.19. The molecule has 0 saturated carbocycles. The minimum absolute atomic E-state index is 0.740. The summed E-state index contributed by atoms with van der Waals surface area (Å²) in [7, 11) is 0. The van der Waals surface area contributed by atoms with Gasteiger partial charge in [0.05, 0.1) is 0 Å². The second-order valence-corrected chi connectivity index (χ2v) is 11.3. The highest BCUT2D eigenvalue weighted by Crippen LogP contribution is 2.24. The molecule has 4 aromatic carbocycles. The van der Waals surface area contributed by atoms with Crippen LogP contribution in [-0.4, -0.2) is 20.4 Å². The second kappa shape index (κ2) is 11.7. The SMILES string of the molecule is c1ccc2c(CNc3nnc(CCCCc4nnc(NCc5cccc6ccccc56)s4)s3)cccc2c1. The Bertz CT molecular complexity index is 1520. The Hall–Kier alpha value is -3.88. The molecule has 6 nitrogen and oxygen atoms in total. The molecule has 190 valence electrons. The van der Waals surface area contributed by atoms with Crippen LogP contribution in [0.3, 0.4) is 0 Å². The van der Waals surface area contributed by atoms with Crippen molar-refractivity contribution in [3.8, 4) is 0 Å². The van der Waals surface area contributed by atoms with Gasteiger partial charge in [0, 0.05) is 25.9 Å². The van der Waals surface area contributed by atoms with Crippen LogP contribution in [-0.2, 0) is 25.9 Å². The molecule has 0 aliphatic carbocycles. The highest BCUT2D eigenvalue weighted by molar-refractivity contribution is 7.15. The zero-order valence-corrected chi connectivity index (χ0v) is 22.6. The van der Waals surface area contributed by atoms with Gasteiger partial charge in [-0.2, -0.15) is 0 Å². The van der Waals surface area contributed by atoms with Gasteiger partial charge in [-0.3, -0.25) is 0 Å². The maximum absolute atomic E-state index is 4.38. The quantitative estimate of drug-likeness (QED) is 0.167. The Morgan fingerprint density at radius 3 is 1.45 bits per heavy atom. The molecule has 0 unspecified atom stereocenters. The lowest BCUT2D eigenvalue weighted by atomic mass is 10.0. The molecule has 0 atom stereocenters. The first-order valence-corrected chi connectivity index (χ1v) is 14.5. The summed E-state index contributed by atoms with van der Waals surface area (Å²) in [4.78, 5) is 0. The maximum Gasteiger partial charge on any atom is 0.205 e. The first-order chi connectivity index (χ1) is 18.8. The lowest BCUT2D eigenvalue weighted by molar-refractivity contribution is 0.718. The van der Waals surface area contributed by atoms with Crippen molar-refractivity contribution < 1.29 is 0 Å². The highest BCUT2D eigenvalue weighted by atomic mass is 32.1. The van der Waals surface area contributed by atoms with Gasteiger partial charge in [0.15, 0.2) is 0 Å². The summed E-state index contributed by atoms with van der Waals surface area (Å²) < 4.78 is 0. The van der Waals surface area contributed by atoms with Crippen LogP contribution in [0.15, 0.2) is 84.9 Å². The Labute approximate surface area is 229 Å². The lowest BCUT2D eigenvalue weighted by Crippen LogP contribution is -1.99. The maximum atomic E-state index is 4.38. The number of rotatable bonds is 11. The molecule has 0 bridgehead atoms. The van der Waals surface area contributed by atoms with Crippen LogP contribution in [0.1, 0.15) is 34.0 Å². The number of benzene rings is 4. The molecule has 0 aliphatic heterocycles. The molecular weight excluding hydrogens is 509 g/mol. The van der Waals surface area contributed by atoms with Crippen molar-refractivity contribution in [1.82, 2.24) is 20.4 Å². The zero-order valence-electron chi connectivity index (χ0n) is 20.9. The molecule has 0 spiro atoms. The van der Waals surface area contributed by atoms with Gasteiger partial charge in [0.2, 0.25) is 10.3 Å². The summed E-state index contributed by atoms with van der Waals surface area (Å²) in [6.45, 7) is 1.48. The fourth-order valence-electron chi connectivity index (χ4n) is 4.64. The van der Waals surface area contributed by atoms with Gasteiger partial charge in [-0.1, -0.05) is 108 Å². The highest BCUT2D eigenvalue weighted by Gasteiger charge is 2.08. The van der Waals surface area contributed by atoms with Crippen molar-refractivity contribution in [2.45, 2.75) is 38.8 Å². The van der Waals surface area contributed by atoms with Crippen LogP contribution < -0.4 is 10.6 Å². The number of anilines is 2. The van der Waals surface area contributed by atoms with Crippen LogP contribution in [0.5, 0.6) is 0 Å². The fraction of sp³-hybridized carbons (Fsp3) is 0.200. The first-order valence-electron chi connectivity index (χ1n) is 12.9. The van der Waals surface area contributed by atoms with Crippen LogP contribution in [0.4, 0.5) is 10.3 Å². The van der Waals surface area contributed by atoms with Gasteiger partial charge in [0.25, 0.3) is 0 Å². The van der Waals surface area contributed by atoms with E-state index in [0.717, 1.165) is 59.1 Å². The summed E-state index contributed by atoms with van der Waals surface area (Å²) in [6.07, 6.45) is 3.96. The Morgan fingerprint density at radius 2 is 0.947 bits per heavy atom. The molecule has 2 N–H and O–H groups in total. The van der Waals surface area contributed by atoms with Crippen molar-refractivity contribution in [2.24, 2.45) is 0 Å². The van der Waals surface area contributed by atoms with Crippen molar-refractivity contribution in [3.63, 3.8) is 0 Å². The molecule has 0 saturated heterocycles. The average molecular weight is 537 g/mol. The summed E-state index contributed by atoms with van der Waals surface area (Å²) in [6, 6.07) is 29.8. The van der Waals surface area contributed by atoms with Crippen molar-refractivity contribution >= 4 is 54.5 Å². The van der Waals surface area contributed by atoms with E-state index in [2.05, 4.69) is 116 Å². The number of hydrogen-bond acceptors (Lipinski definition) is 8. The number of unbranched alkanes of at least 4 members (excludes halogenated alkanes) is 1. The van der Waals surface area contributed by atoms with Gasteiger partial charge in [-0.25, -0.2) is 0 Å². The van der Waals surface area contributed by atoms with Gasteiger partial charge in [-0.15, -0.1) is 20.4 Å². The van der Waals surface area contributed by atoms with E-state index in [4.69, 9.17) is 0 Å². The molecule has 2 heterocycles. The van der Waals surface area contributed by atoms with E-state index >= 15 is 0 Å². The lowest BCUT2D eigenvalue weighted by Gasteiger charge is -2.06. The van der Waals surface area contributed by atoms with E-state index in [-0.39, 0.29) is 0 Å². The topological polar surface area (TPSA) is 75.6 Å². The molecule has 8 heteroatoms. The summed E-state index contributed by atoms with van der Waals surface area (Å²) in [5, 5.41) is 33.3. The van der Waals surface area contributed by atoms with E-state index in [1.807, 2.05) is 0 Å². The van der Waals surface area contributed by atoms with E-state index in [1.54, 1.807) is 22.7 Å². The second-order valence-electron chi connectivity index (χ2n) is 9.19. The number of hydrogen-bond donors (Lipinski definition) is 2. The third-order valence-corrected chi connectivity index (χ3v) is 8.47. The molecule has 38 heavy (non-hydrogen) atoms. The Morgan fingerprint density at radius 1 is 0.500 bits per heavy atom. The largest absolute Gasteiger partial charge is 0.356 e. The number of fused-ring (bicyclic) bond motifs is 2. The van der Waals surface area contributed by atoms with Crippen LogP contribution in [0, 0.1) is 0 Å². The minimum Gasteiger partial charge on any atom is -0.356 e. The van der Waals surface area contributed by atoms with Crippen LogP contribution in [0.25, 0.3) is 21.5 Å². The zero-order chi connectivity index (χ0) is 25.6. The van der Waals surface area contributed by atoms with E-state index < -0.39 is 0 Å². The number of nitrogens with zero attached hydrogens (tertiary/aromatic N) is 4. The molecule has 6 rings (SSSR count). The first kappa shape index (κ1) is 24.5. The van der Waals surface area contributed by atoms with Gasteiger partial charge < -0.3 is 10.6 Å². The summed E-state index contributed by atoms with van der Waals surface area (Å²) in [5.41, 5.74) is 2.53. The molecule has 0 amide bonds. The van der Waals surface area contributed by atoms with Crippen LogP contribution in [0.2, 0.25) is 0 Å². The van der Waals surface area contributed by atoms with Gasteiger partial charge in [0.1, 0.15) is 10.0 Å². The Balaban J connectivity index is 0.948. The minimum atomic E-state index is 0.740. The monoisotopic (exact) mass is 536 g/mol. The molecule has 0 aliphatic rings. The van der Waals surface area contributed by atoms with Gasteiger partial charge >= 0.3 is 0 Å².